The number of guanidine groups is 1. The summed E-state index contributed by atoms with van der Waals surface area (Å²) < 4.78 is 0. The Morgan fingerprint density at radius 2 is 1.93 bits per heavy atom. The van der Waals surface area contributed by atoms with Crippen LogP contribution in [0.15, 0.2) is 29.3 Å². The molecule has 1 saturated heterocycles. The average Bonchev–Trinajstić information content (AvgIpc) is 2.68. The molecule has 27 heavy (non-hydrogen) atoms. The predicted octanol–water partition coefficient (Wildman–Crippen LogP) is 3.07. The molecule has 1 aliphatic heterocycles. The third-order valence-electron chi connectivity index (χ3n) is 5.22. The number of likely N-dealkylation sites (tertiary alicyclic amines) is 1. The number of nitrogens with zero attached hydrogens (tertiary/aromatic N) is 3. The third kappa shape index (κ3) is 7.89. The van der Waals surface area contributed by atoms with E-state index >= 15 is 0 Å². The molecule has 0 bridgehead atoms. The maximum Gasteiger partial charge on any atom is 0.191 e. The number of nitrogens with one attached hydrogen (secondary N) is 2. The van der Waals surface area contributed by atoms with Gasteiger partial charge in [0, 0.05) is 32.2 Å². The summed E-state index contributed by atoms with van der Waals surface area (Å²) in [4.78, 5) is 9.73. The SMILES string of the molecule is CCCN1CCC(NC(=NCc2cccc(CN(C)CC)c2)NCC)CC1. The average molecular weight is 374 g/mol. The minimum atomic E-state index is 0.528. The number of benzene rings is 1. The number of aliphatic imine (C=N–C) groups is 1. The number of hydrogen-bond acceptors (Lipinski definition) is 3. The summed E-state index contributed by atoms with van der Waals surface area (Å²) in [6.07, 6.45) is 3.64. The summed E-state index contributed by atoms with van der Waals surface area (Å²) in [5, 5.41) is 7.06. The Morgan fingerprint density at radius 1 is 1.19 bits per heavy atom. The van der Waals surface area contributed by atoms with Crippen molar-refractivity contribution in [3.05, 3.63) is 35.4 Å². The lowest BCUT2D eigenvalue weighted by Crippen LogP contribution is -2.48. The van der Waals surface area contributed by atoms with Gasteiger partial charge in [-0.15, -0.1) is 0 Å². The van der Waals surface area contributed by atoms with Crippen molar-refractivity contribution in [2.45, 2.75) is 59.2 Å². The van der Waals surface area contributed by atoms with Crippen molar-refractivity contribution in [1.82, 2.24) is 20.4 Å². The maximum atomic E-state index is 4.84. The Bertz CT molecular complexity index is 564. The zero-order valence-corrected chi connectivity index (χ0v) is 17.8. The second kappa shape index (κ2) is 12.0. The van der Waals surface area contributed by atoms with Crippen molar-refractivity contribution in [3.63, 3.8) is 0 Å². The van der Waals surface area contributed by atoms with Crippen LogP contribution in [0.2, 0.25) is 0 Å². The zero-order chi connectivity index (χ0) is 19.5. The van der Waals surface area contributed by atoms with E-state index in [0.29, 0.717) is 12.6 Å². The van der Waals surface area contributed by atoms with Gasteiger partial charge in [-0.2, -0.15) is 0 Å². The molecule has 5 nitrogen and oxygen atoms in total. The van der Waals surface area contributed by atoms with Crippen molar-refractivity contribution in [2.75, 3.05) is 39.8 Å². The Labute approximate surface area is 166 Å². The highest BCUT2D eigenvalue weighted by atomic mass is 15.2. The summed E-state index contributed by atoms with van der Waals surface area (Å²) >= 11 is 0. The van der Waals surface area contributed by atoms with Gasteiger partial charge in [0.25, 0.3) is 0 Å². The normalized spacial score (nSPS) is 16.7. The Kier molecular flexibility index (Phi) is 9.64. The quantitative estimate of drug-likeness (QED) is 0.516. The van der Waals surface area contributed by atoms with Gasteiger partial charge in [0.2, 0.25) is 0 Å². The van der Waals surface area contributed by atoms with Gasteiger partial charge >= 0.3 is 0 Å². The van der Waals surface area contributed by atoms with E-state index in [1.54, 1.807) is 0 Å². The molecule has 5 heteroatoms. The van der Waals surface area contributed by atoms with Gasteiger partial charge < -0.3 is 20.4 Å². The minimum absolute atomic E-state index is 0.528. The van der Waals surface area contributed by atoms with Crippen LogP contribution in [0.4, 0.5) is 0 Å². The predicted molar refractivity (Wildman–Crippen MR) is 116 cm³/mol. The highest BCUT2D eigenvalue weighted by Crippen LogP contribution is 2.11. The Balaban J connectivity index is 1.90. The highest BCUT2D eigenvalue weighted by Gasteiger charge is 2.19. The smallest absolute Gasteiger partial charge is 0.191 e. The first kappa shape index (κ1) is 21.7. The second-order valence-corrected chi connectivity index (χ2v) is 7.61. The van der Waals surface area contributed by atoms with Gasteiger partial charge in [0.05, 0.1) is 6.54 Å². The first-order chi connectivity index (χ1) is 13.1. The molecule has 0 aromatic heterocycles. The van der Waals surface area contributed by atoms with E-state index in [1.165, 1.54) is 50.0 Å². The van der Waals surface area contributed by atoms with Crippen LogP contribution in [0.3, 0.4) is 0 Å². The number of rotatable bonds is 9. The Hall–Kier alpha value is -1.59. The first-order valence-electron chi connectivity index (χ1n) is 10.7. The summed E-state index contributed by atoms with van der Waals surface area (Å²) in [5.41, 5.74) is 2.63. The van der Waals surface area contributed by atoms with E-state index in [0.717, 1.165) is 25.6 Å². The summed E-state index contributed by atoms with van der Waals surface area (Å²) in [6.45, 7) is 13.8. The lowest BCUT2D eigenvalue weighted by Gasteiger charge is -2.32. The molecule has 1 heterocycles. The standard InChI is InChI=1S/C22H39N5/c1-5-13-27-14-11-21(12-15-27)25-22(23-6-2)24-17-19-9-8-10-20(16-19)18-26(4)7-3/h8-10,16,21H,5-7,11-15,17-18H2,1-4H3,(H2,23,24,25). The van der Waals surface area contributed by atoms with Crippen molar-refractivity contribution < 1.29 is 0 Å². The summed E-state index contributed by atoms with van der Waals surface area (Å²) in [7, 11) is 2.16. The van der Waals surface area contributed by atoms with Gasteiger partial charge in [0.1, 0.15) is 0 Å². The Morgan fingerprint density at radius 3 is 2.59 bits per heavy atom. The van der Waals surface area contributed by atoms with E-state index in [4.69, 9.17) is 4.99 Å². The van der Waals surface area contributed by atoms with E-state index in [9.17, 15) is 0 Å². The molecule has 152 valence electrons. The molecule has 1 aromatic rings. The summed E-state index contributed by atoms with van der Waals surface area (Å²) in [6, 6.07) is 9.33. The number of hydrogen-bond donors (Lipinski definition) is 2. The molecule has 0 unspecified atom stereocenters. The fourth-order valence-electron chi connectivity index (χ4n) is 3.55. The molecule has 0 radical (unpaired) electrons. The first-order valence-corrected chi connectivity index (χ1v) is 10.7. The van der Waals surface area contributed by atoms with Crippen LogP contribution in [-0.4, -0.2) is 61.6 Å². The van der Waals surface area contributed by atoms with Gasteiger partial charge in [0.15, 0.2) is 5.96 Å². The van der Waals surface area contributed by atoms with E-state index in [2.05, 4.69) is 72.5 Å². The number of piperidine rings is 1. The fraction of sp³-hybridized carbons (Fsp3) is 0.682. The van der Waals surface area contributed by atoms with Gasteiger partial charge in [-0.1, -0.05) is 38.1 Å². The van der Waals surface area contributed by atoms with Crippen LogP contribution in [0, 0.1) is 0 Å². The van der Waals surface area contributed by atoms with Gasteiger partial charge in [-0.25, -0.2) is 4.99 Å². The monoisotopic (exact) mass is 373 g/mol. The molecule has 0 spiro atoms. The second-order valence-electron chi connectivity index (χ2n) is 7.61. The van der Waals surface area contributed by atoms with Crippen LogP contribution >= 0.6 is 0 Å². The van der Waals surface area contributed by atoms with Crippen LogP contribution in [0.5, 0.6) is 0 Å². The molecule has 2 rings (SSSR count). The van der Waals surface area contributed by atoms with Crippen molar-refractivity contribution in [1.29, 1.82) is 0 Å². The maximum absolute atomic E-state index is 4.84. The molecule has 0 atom stereocenters. The highest BCUT2D eigenvalue weighted by molar-refractivity contribution is 5.80. The molecule has 2 N–H and O–H groups in total. The van der Waals surface area contributed by atoms with Crippen LogP contribution in [-0.2, 0) is 13.1 Å². The fourth-order valence-corrected chi connectivity index (χ4v) is 3.55. The molecular weight excluding hydrogens is 334 g/mol. The molecule has 0 aliphatic carbocycles. The van der Waals surface area contributed by atoms with E-state index < -0.39 is 0 Å². The molecular formula is C22H39N5. The topological polar surface area (TPSA) is 42.9 Å². The third-order valence-corrected chi connectivity index (χ3v) is 5.22. The molecule has 1 aliphatic rings. The van der Waals surface area contributed by atoms with Gasteiger partial charge in [-0.3, -0.25) is 0 Å². The van der Waals surface area contributed by atoms with Gasteiger partial charge in [-0.05, 0) is 57.5 Å². The molecule has 0 amide bonds. The van der Waals surface area contributed by atoms with Crippen molar-refractivity contribution in [3.8, 4) is 0 Å². The van der Waals surface area contributed by atoms with Crippen LogP contribution in [0.25, 0.3) is 0 Å². The van der Waals surface area contributed by atoms with Crippen molar-refractivity contribution >= 4 is 5.96 Å². The van der Waals surface area contributed by atoms with Crippen LogP contribution < -0.4 is 10.6 Å². The lowest BCUT2D eigenvalue weighted by atomic mass is 10.1. The van der Waals surface area contributed by atoms with Crippen LogP contribution in [0.1, 0.15) is 51.2 Å². The molecule has 0 saturated carbocycles. The molecule has 1 aromatic carbocycles. The summed E-state index contributed by atoms with van der Waals surface area (Å²) in [5.74, 6) is 0.947. The zero-order valence-electron chi connectivity index (χ0n) is 17.8. The lowest BCUT2D eigenvalue weighted by molar-refractivity contribution is 0.206. The molecule has 1 fully saturated rings. The van der Waals surface area contributed by atoms with E-state index in [1.807, 2.05) is 0 Å². The largest absolute Gasteiger partial charge is 0.357 e. The minimum Gasteiger partial charge on any atom is -0.357 e. The van der Waals surface area contributed by atoms with Crippen molar-refractivity contribution in [2.24, 2.45) is 4.99 Å². The van der Waals surface area contributed by atoms with E-state index in [-0.39, 0.29) is 0 Å².